The van der Waals surface area contributed by atoms with Crippen LogP contribution in [0.25, 0.3) is 0 Å². The Kier molecular flexibility index (Phi) is 4.09. The smallest absolute Gasteiger partial charge is 0.0795 e. The van der Waals surface area contributed by atoms with Crippen LogP contribution in [0.4, 0.5) is 0 Å². The van der Waals surface area contributed by atoms with Crippen molar-refractivity contribution >= 4 is 27.3 Å². The molecule has 1 heterocycles. The predicted octanol–water partition coefficient (Wildman–Crippen LogP) is 3.41. The molecule has 0 aliphatic heterocycles. The van der Waals surface area contributed by atoms with E-state index in [0.717, 1.165) is 16.6 Å². The van der Waals surface area contributed by atoms with Crippen LogP contribution in [0.3, 0.4) is 0 Å². The Morgan fingerprint density at radius 2 is 2.12 bits per heavy atom. The lowest BCUT2D eigenvalue weighted by Crippen LogP contribution is -2.19. The molecule has 0 aliphatic carbocycles. The van der Waals surface area contributed by atoms with Gasteiger partial charge in [-0.3, -0.25) is 0 Å². The van der Waals surface area contributed by atoms with E-state index in [9.17, 15) is 0 Å². The SMILES string of the molecule is CNC(Cc1ccc(Br)cc1)c1cscn1. The van der Waals surface area contributed by atoms with E-state index in [1.165, 1.54) is 5.56 Å². The fourth-order valence-electron chi connectivity index (χ4n) is 1.60. The molecule has 0 amide bonds. The van der Waals surface area contributed by atoms with Crippen LogP contribution in [0.15, 0.2) is 39.6 Å². The maximum Gasteiger partial charge on any atom is 0.0795 e. The lowest BCUT2D eigenvalue weighted by molar-refractivity contribution is 0.579. The summed E-state index contributed by atoms with van der Waals surface area (Å²) >= 11 is 5.08. The van der Waals surface area contributed by atoms with E-state index in [1.54, 1.807) is 11.3 Å². The first-order valence-corrected chi connectivity index (χ1v) is 6.83. The second-order valence-electron chi connectivity index (χ2n) is 3.59. The van der Waals surface area contributed by atoms with E-state index < -0.39 is 0 Å². The molecule has 0 saturated heterocycles. The molecule has 0 fully saturated rings. The van der Waals surface area contributed by atoms with Gasteiger partial charge in [0.05, 0.1) is 17.2 Å². The van der Waals surface area contributed by atoms with Gasteiger partial charge in [-0.1, -0.05) is 28.1 Å². The minimum absolute atomic E-state index is 0.299. The monoisotopic (exact) mass is 296 g/mol. The quantitative estimate of drug-likeness (QED) is 0.935. The molecule has 2 rings (SSSR count). The summed E-state index contributed by atoms with van der Waals surface area (Å²) in [5, 5.41) is 5.40. The Morgan fingerprint density at radius 1 is 1.38 bits per heavy atom. The number of benzene rings is 1. The number of thiazole rings is 1. The normalized spacial score (nSPS) is 12.6. The first kappa shape index (κ1) is 11.8. The predicted molar refractivity (Wildman–Crippen MR) is 71.8 cm³/mol. The van der Waals surface area contributed by atoms with Crippen LogP contribution in [-0.4, -0.2) is 12.0 Å². The van der Waals surface area contributed by atoms with Crippen LogP contribution in [0.1, 0.15) is 17.3 Å². The van der Waals surface area contributed by atoms with Gasteiger partial charge in [0.25, 0.3) is 0 Å². The molecule has 1 N–H and O–H groups in total. The summed E-state index contributed by atoms with van der Waals surface area (Å²) in [6.45, 7) is 0. The van der Waals surface area contributed by atoms with E-state index in [0.29, 0.717) is 6.04 Å². The average Bonchev–Trinajstić information content (AvgIpc) is 2.82. The molecule has 1 aromatic carbocycles. The molecule has 2 aromatic rings. The van der Waals surface area contributed by atoms with E-state index in [-0.39, 0.29) is 0 Å². The maximum absolute atomic E-state index is 4.35. The number of halogens is 1. The number of hydrogen-bond donors (Lipinski definition) is 1. The summed E-state index contributed by atoms with van der Waals surface area (Å²) < 4.78 is 1.12. The van der Waals surface area contributed by atoms with Crippen molar-refractivity contribution in [3.63, 3.8) is 0 Å². The first-order chi connectivity index (χ1) is 7.79. The van der Waals surface area contributed by atoms with Crippen LogP contribution in [0.5, 0.6) is 0 Å². The van der Waals surface area contributed by atoms with Gasteiger partial charge in [0.1, 0.15) is 0 Å². The Labute approximate surface area is 108 Å². The number of rotatable bonds is 4. The highest BCUT2D eigenvalue weighted by Gasteiger charge is 2.11. The summed E-state index contributed by atoms with van der Waals surface area (Å²) in [4.78, 5) is 4.35. The number of likely N-dealkylation sites (N-methyl/N-ethyl adjacent to an activating group) is 1. The molecular formula is C12H13BrN2S. The molecular weight excluding hydrogens is 284 g/mol. The fraction of sp³-hybridized carbons (Fsp3) is 0.250. The van der Waals surface area contributed by atoms with E-state index >= 15 is 0 Å². The summed E-state index contributed by atoms with van der Waals surface area (Å²) in [5.74, 6) is 0. The molecule has 0 bridgehead atoms. The molecule has 2 nitrogen and oxygen atoms in total. The van der Waals surface area contributed by atoms with Gasteiger partial charge < -0.3 is 5.32 Å². The lowest BCUT2D eigenvalue weighted by atomic mass is 10.0. The van der Waals surface area contributed by atoms with Crippen molar-refractivity contribution in [1.29, 1.82) is 0 Å². The van der Waals surface area contributed by atoms with E-state index in [2.05, 4.69) is 55.9 Å². The highest BCUT2D eigenvalue weighted by molar-refractivity contribution is 9.10. The van der Waals surface area contributed by atoms with Gasteiger partial charge in [0.2, 0.25) is 0 Å². The molecule has 0 saturated carbocycles. The van der Waals surface area contributed by atoms with Gasteiger partial charge in [0.15, 0.2) is 0 Å². The van der Waals surface area contributed by atoms with Crippen molar-refractivity contribution < 1.29 is 0 Å². The zero-order valence-corrected chi connectivity index (χ0v) is 11.4. The molecule has 4 heteroatoms. The minimum Gasteiger partial charge on any atom is -0.311 e. The van der Waals surface area contributed by atoms with Crippen molar-refractivity contribution in [2.75, 3.05) is 7.05 Å². The van der Waals surface area contributed by atoms with Crippen molar-refractivity contribution in [2.45, 2.75) is 12.5 Å². The zero-order chi connectivity index (χ0) is 11.4. The fourth-order valence-corrected chi connectivity index (χ4v) is 2.48. The number of nitrogens with zero attached hydrogens (tertiary/aromatic N) is 1. The number of nitrogens with one attached hydrogen (secondary N) is 1. The lowest BCUT2D eigenvalue weighted by Gasteiger charge is -2.13. The summed E-state index contributed by atoms with van der Waals surface area (Å²) in [6.07, 6.45) is 0.966. The van der Waals surface area contributed by atoms with Crippen molar-refractivity contribution in [1.82, 2.24) is 10.3 Å². The maximum atomic E-state index is 4.35. The summed E-state index contributed by atoms with van der Waals surface area (Å²) in [5.41, 5.74) is 4.31. The van der Waals surface area contributed by atoms with E-state index in [1.807, 2.05) is 12.6 Å². The largest absolute Gasteiger partial charge is 0.311 e. The first-order valence-electron chi connectivity index (χ1n) is 5.09. The molecule has 0 spiro atoms. The van der Waals surface area contributed by atoms with Crippen LogP contribution >= 0.6 is 27.3 Å². The molecule has 16 heavy (non-hydrogen) atoms. The Bertz CT molecular complexity index is 425. The molecule has 0 aliphatic rings. The Morgan fingerprint density at radius 3 is 2.69 bits per heavy atom. The molecule has 1 unspecified atom stereocenters. The standard InChI is InChI=1S/C12H13BrN2S/c1-14-11(12-7-16-8-15-12)6-9-2-4-10(13)5-3-9/h2-5,7-8,11,14H,6H2,1H3. The van der Waals surface area contributed by atoms with Crippen LogP contribution < -0.4 is 5.32 Å². The van der Waals surface area contributed by atoms with Gasteiger partial charge in [-0.25, -0.2) is 4.98 Å². The highest BCUT2D eigenvalue weighted by Crippen LogP contribution is 2.19. The number of hydrogen-bond acceptors (Lipinski definition) is 3. The van der Waals surface area contributed by atoms with E-state index in [4.69, 9.17) is 0 Å². The van der Waals surface area contributed by atoms with Gasteiger partial charge in [-0.05, 0) is 31.2 Å². The second kappa shape index (κ2) is 5.57. The molecule has 1 atom stereocenters. The summed E-state index contributed by atoms with van der Waals surface area (Å²) in [7, 11) is 1.98. The van der Waals surface area contributed by atoms with Gasteiger partial charge in [0, 0.05) is 9.85 Å². The minimum atomic E-state index is 0.299. The third-order valence-corrected chi connectivity index (χ3v) is 3.64. The highest BCUT2D eigenvalue weighted by atomic mass is 79.9. The van der Waals surface area contributed by atoms with Crippen molar-refractivity contribution in [3.8, 4) is 0 Å². The van der Waals surface area contributed by atoms with Crippen LogP contribution in [0.2, 0.25) is 0 Å². The Balaban J connectivity index is 2.10. The summed E-state index contributed by atoms with van der Waals surface area (Å²) in [6, 6.07) is 8.72. The topological polar surface area (TPSA) is 24.9 Å². The second-order valence-corrected chi connectivity index (χ2v) is 5.22. The third-order valence-electron chi connectivity index (χ3n) is 2.51. The molecule has 84 valence electrons. The van der Waals surface area contributed by atoms with Crippen molar-refractivity contribution in [3.05, 3.63) is 50.9 Å². The third kappa shape index (κ3) is 2.90. The van der Waals surface area contributed by atoms with Gasteiger partial charge in [-0.2, -0.15) is 0 Å². The van der Waals surface area contributed by atoms with Gasteiger partial charge >= 0.3 is 0 Å². The number of aromatic nitrogens is 1. The van der Waals surface area contributed by atoms with Crippen LogP contribution in [-0.2, 0) is 6.42 Å². The van der Waals surface area contributed by atoms with Crippen molar-refractivity contribution in [2.24, 2.45) is 0 Å². The Hall–Kier alpha value is -0.710. The van der Waals surface area contributed by atoms with Gasteiger partial charge in [-0.15, -0.1) is 11.3 Å². The molecule has 1 aromatic heterocycles. The molecule has 0 radical (unpaired) electrons. The van der Waals surface area contributed by atoms with Crippen LogP contribution in [0, 0.1) is 0 Å². The zero-order valence-electron chi connectivity index (χ0n) is 8.98. The average molecular weight is 297 g/mol.